The quantitative estimate of drug-likeness (QED) is 0.591. The molecular formula is C23H33Cl2N3O2. The van der Waals surface area contributed by atoms with Crippen molar-refractivity contribution in [2.75, 3.05) is 25.0 Å². The van der Waals surface area contributed by atoms with Gasteiger partial charge in [-0.1, -0.05) is 49.4 Å². The summed E-state index contributed by atoms with van der Waals surface area (Å²) in [5, 5.41) is 12.3. The first kappa shape index (κ1) is 26.4. The molecule has 2 atom stereocenters. The highest BCUT2D eigenvalue weighted by atomic mass is 35.5. The van der Waals surface area contributed by atoms with Gasteiger partial charge in [0.05, 0.1) is 5.92 Å². The Morgan fingerprint density at radius 1 is 1.13 bits per heavy atom. The second kappa shape index (κ2) is 12.9. The Balaban J connectivity index is 0.00000225. The second-order valence-corrected chi connectivity index (χ2v) is 7.82. The van der Waals surface area contributed by atoms with Crippen LogP contribution >= 0.6 is 24.8 Å². The lowest BCUT2D eigenvalue weighted by Crippen LogP contribution is -2.34. The topological polar surface area (TPSA) is 78.6 Å². The average molecular weight is 454 g/mol. The number of nitrogens with one attached hydrogen (secondary N) is 1. The third kappa shape index (κ3) is 7.25. The Morgan fingerprint density at radius 2 is 1.80 bits per heavy atom. The Kier molecular flexibility index (Phi) is 11.4. The zero-order chi connectivity index (χ0) is 19.9. The molecule has 1 aliphatic rings. The van der Waals surface area contributed by atoms with Gasteiger partial charge < -0.3 is 16.2 Å². The van der Waals surface area contributed by atoms with E-state index in [1.165, 1.54) is 5.56 Å². The standard InChI is InChI=1S/C23H31N3O2.2ClH/c1-17(22(24)20-7-3-2-4-8-20)23(28)25-21-9-5-6-19(14-21)15-26-12-10-18(16-27)11-13-26;;/h2-9,14,17-18,22,27H,10-13,15-16,24H2,1H3,(H,25,28);2*1H. The van der Waals surface area contributed by atoms with Crippen molar-refractivity contribution in [3.8, 4) is 0 Å². The first-order chi connectivity index (χ1) is 13.6. The van der Waals surface area contributed by atoms with Crippen LogP contribution in [0.5, 0.6) is 0 Å². The van der Waals surface area contributed by atoms with Gasteiger partial charge in [0.15, 0.2) is 0 Å². The number of anilines is 1. The number of amides is 1. The van der Waals surface area contributed by atoms with E-state index in [2.05, 4.69) is 16.3 Å². The fourth-order valence-corrected chi connectivity index (χ4v) is 3.72. The van der Waals surface area contributed by atoms with Crippen LogP contribution in [0.1, 0.15) is 36.9 Å². The Labute approximate surface area is 191 Å². The van der Waals surface area contributed by atoms with Crippen molar-refractivity contribution in [2.24, 2.45) is 17.6 Å². The zero-order valence-electron chi connectivity index (χ0n) is 17.4. The summed E-state index contributed by atoms with van der Waals surface area (Å²) in [6.45, 7) is 5.03. The lowest BCUT2D eigenvalue weighted by molar-refractivity contribution is -0.120. The number of nitrogens with two attached hydrogens (primary N) is 1. The van der Waals surface area contributed by atoms with Crippen LogP contribution in [0.15, 0.2) is 54.6 Å². The Hall–Kier alpha value is -1.63. The van der Waals surface area contributed by atoms with E-state index < -0.39 is 0 Å². The van der Waals surface area contributed by atoms with Gasteiger partial charge in [0, 0.05) is 24.9 Å². The molecule has 0 aromatic heterocycles. The van der Waals surface area contributed by atoms with Gasteiger partial charge in [0.1, 0.15) is 0 Å². The molecule has 166 valence electrons. The lowest BCUT2D eigenvalue weighted by Gasteiger charge is -2.31. The Bertz CT molecular complexity index is 768. The molecule has 0 aliphatic carbocycles. The number of carbonyl (C=O) groups excluding carboxylic acids is 1. The van der Waals surface area contributed by atoms with Gasteiger partial charge in [0.2, 0.25) is 5.91 Å². The molecular weight excluding hydrogens is 421 g/mol. The summed E-state index contributed by atoms with van der Waals surface area (Å²) in [4.78, 5) is 15.1. The number of benzene rings is 2. The molecule has 1 aliphatic heterocycles. The third-order valence-electron chi connectivity index (χ3n) is 5.70. The lowest BCUT2D eigenvalue weighted by atomic mass is 9.94. The highest BCUT2D eigenvalue weighted by molar-refractivity contribution is 5.93. The smallest absolute Gasteiger partial charge is 0.229 e. The molecule has 0 bridgehead atoms. The van der Waals surface area contributed by atoms with Crippen molar-refractivity contribution in [3.63, 3.8) is 0 Å². The van der Waals surface area contributed by atoms with E-state index in [-0.39, 0.29) is 42.7 Å². The molecule has 4 N–H and O–H groups in total. The predicted octanol–water partition coefficient (Wildman–Crippen LogP) is 4.01. The number of carbonyl (C=O) groups is 1. The van der Waals surface area contributed by atoms with Crippen LogP contribution < -0.4 is 11.1 Å². The molecule has 2 aromatic rings. The molecule has 0 saturated carbocycles. The van der Waals surface area contributed by atoms with Crippen molar-refractivity contribution in [2.45, 2.75) is 32.4 Å². The summed E-state index contributed by atoms with van der Waals surface area (Å²) in [6.07, 6.45) is 2.09. The SMILES string of the molecule is CC(C(=O)Nc1cccc(CN2CCC(CO)CC2)c1)C(N)c1ccccc1.Cl.Cl. The van der Waals surface area contributed by atoms with Gasteiger partial charge in [0.25, 0.3) is 0 Å². The number of likely N-dealkylation sites (tertiary alicyclic amines) is 1. The largest absolute Gasteiger partial charge is 0.396 e. The van der Waals surface area contributed by atoms with Crippen molar-refractivity contribution in [1.29, 1.82) is 0 Å². The molecule has 2 aromatic carbocycles. The zero-order valence-corrected chi connectivity index (χ0v) is 19.0. The van der Waals surface area contributed by atoms with E-state index in [0.717, 1.165) is 43.7 Å². The molecule has 1 saturated heterocycles. The van der Waals surface area contributed by atoms with Crippen LogP contribution in [0.4, 0.5) is 5.69 Å². The number of hydrogen-bond donors (Lipinski definition) is 3. The number of aliphatic hydroxyl groups is 1. The minimum atomic E-state index is -0.336. The minimum absolute atomic E-state index is 0. The number of nitrogens with zero attached hydrogens (tertiary/aromatic N) is 1. The van der Waals surface area contributed by atoms with E-state index in [9.17, 15) is 9.90 Å². The molecule has 7 heteroatoms. The van der Waals surface area contributed by atoms with E-state index in [0.29, 0.717) is 12.5 Å². The molecule has 0 radical (unpaired) electrons. The van der Waals surface area contributed by atoms with Crippen LogP contribution in [-0.2, 0) is 11.3 Å². The molecule has 1 heterocycles. The fraction of sp³-hybridized carbons (Fsp3) is 0.435. The van der Waals surface area contributed by atoms with Crippen LogP contribution in [0.2, 0.25) is 0 Å². The van der Waals surface area contributed by atoms with Crippen LogP contribution in [0.25, 0.3) is 0 Å². The normalized spacial score (nSPS) is 16.6. The van der Waals surface area contributed by atoms with E-state index in [1.54, 1.807) is 0 Å². The van der Waals surface area contributed by atoms with Gasteiger partial charge in [-0.05, 0) is 55.1 Å². The molecule has 5 nitrogen and oxygen atoms in total. The van der Waals surface area contributed by atoms with Crippen molar-refractivity contribution >= 4 is 36.4 Å². The summed E-state index contributed by atoms with van der Waals surface area (Å²) in [5.41, 5.74) is 9.23. The van der Waals surface area contributed by atoms with Gasteiger partial charge >= 0.3 is 0 Å². The highest BCUT2D eigenvalue weighted by Gasteiger charge is 2.22. The summed E-state index contributed by atoms with van der Waals surface area (Å²) in [6, 6.07) is 17.4. The highest BCUT2D eigenvalue weighted by Crippen LogP contribution is 2.22. The summed E-state index contributed by atoms with van der Waals surface area (Å²) < 4.78 is 0. The van der Waals surface area contributed by atoms with E-state index in [4.69, 9.17) is 5.73 Å². The Morgan fingerprint density at radius 3 is 2.43 bits per heavy atom. The number of rotatable bonds is 7. The van der Waals surface area contributed by atoms with Crippen molar-refractivity contribution < 1.29 is 9.90 Å². The van der Waals surface area contributed by atoms with Gasteiger partial charge in [-0.15, -0.1) is 24.8 Å². The second-order valence-electron chi connectivity index (χ2n) is 7.82. The van der Waals surface area contributed by atoms with E-state index >= 15 is 0 Å². The first-order valence-electron chi connectivity index (χ1n) is 10.1. The average Bonchev–Trinajstić information content (AvgIpc) is 2.74. The summed E-state index contributed by atoms with van der Waals surface area (Å²) in [7, 11) is 0. The number of aliphatic hydroxyl groups excluding tert-OH is 1. The van der Waals surface area contributed by atoms with Crippen LogP contribution in [-0.4, -0.2) is 35.6 Å². The molecule has 1 amide bonds. The maximum Gasteiger partial charge on any atom is 0.229 e. The number of piperidine rings is 1. The predicted molar refractivity (Wildman–Crippen MR) is 127 cm³/mol. The first-order valence-corrected chi connectivity index (χ1v) is 10.1. The summed E-state index contributed by atoms with van der Waals surface area (Å²) >= 11 is 0. The monoisotopic (exact) mass is 453 g/mol. The van der Waals surface area contributed by atoms with Crippen LogP contribution in [0.3, 0.4) is 0 Å². The molecule has 0 spiro atoms. The molecule has 1 fully saturated rings. The molecule has 3 rings (SSSR count). The number of halogens is 2. The van der Waals surface area contributed by atoms with Gasteiger partial charge in [-0.25, -0.2) is 0 Å². The third-order valence-corrected chi connectivity index (χ3v) is 5.70. The maximum atomic E-state index is 12.7. The van der Waals surface area contributed by atoms with Crippen LogP contribution in [0, 0.1) is 11.8 Å². The van der Waals surface area contributed by atoms with Crippen molar-refractivity contribution in [1.82, 2.24) is 4.90 Å². The fourth-order valence-electron chi connectivity index (χ4n) is 3.72. The van der Waals surface area contributed by atoms with Crippen molar-refractivity contribution in [3.05, 3.63) is 65.7 Å². The molecule has 30 heavy (non-hydrogen) atoms. The van der Waals surface area contributed by atoms with E-state index in [1.807, 2.05) is 55.5 Å². The summed E-state index contributed by atoms with van der Waals surface area (Å²) in [5.74, 6) is 0.0398. The maximum absolute atomic E-state index is 12.7. The number of hydrogen-bond acceptors (Lipinski definition) is 4. The van der Waals surface area contributed by atoms with Gasteiger partial charge in [-0.2, -0.15) is 0 Å². The molecule has 2 unspecified atom stereocenters. The van der Waals surface area contributed by atoms with Gasteiger partial charge in [-0.3, -0.25) is 9.69 Å². The minimum Gasteiger partial charge on any atom is -0.396 e.